The zero-order valence-electron chi connectivity index (χ0n) is 10.4. The molecular weight excluding hydrogens is 224 g/mol. The second-order valence-corrected chi connectivity index (χ2v) is 4.33. The van der Waals surface area contributed by atoms with E-state index >= 15 is 0 Å². The molecule has 3 heteroatoms. The maximum Gasteiger partial charge on any atom is 0.0745 e. The topological polar surface area (TPSA) is 58.3 Å². The molecule has 0 aliphatic carbocycles. The molecule has 0 bridgehead atoms. The number of aryl methyl sites for hydroxylation is 1. The molecule has 0 aliphatic rings. The van der Waals surface area contributed by atoms with Crippen molar-refractivity contribution in [2.75, 3.05) is 17.7 Å². The molecule has 2 aromatic carbocycles. The minimum absolute atomic E-state index is 0.0252. The fourth-order valence-electron chi connectivity index (χ4n) is 1.91. The number of hydrogen-bond donors (Lipinski definition) is 3. The normalized spacial score (nSPS) is 12.1. The van der Waals surface area contributed by atoms with Gasteiger partial charge in [0.1, 0.15) is 0 Å². The number of anilines is 2. The van der Waals surface area contributed by atoms with E-state index in [2.05, 4.69) is 5.32 Å². The first-order valence-electron chi connectivity index (χ1n) is 6.00. The average molecular weight is 242 g/mol. The van der Waals surface area contributed by atoms with Gasteiger partial charge in [-0.1, -0.05) is 42.5 Å². The van der Waals surface area contributed by atoms with Crippen LogP contribution in [0.5, 0.6) is 0 Å². The summed E-state index contributed by atoms with van der Waals surface area (Å²) >= 11 is 0. The summed E-state index contributed by atoms with van der Waals surface area (Å²) in [6.45, 7) is 1.99. The highest BCUT2D eigenvalue weighted by atomic mass is 16.3. The van der Waals surface area contributed by atoms with Gasteiger partial charge in [-0.15, -0.1) is 0 Å². The Morgan fingerprint density at radius 3 is 2.50 bits per heavy atom. The van der Waals surface area contributed by atoms with Crippen molar-refractivity contribution in [3.05, 3.63) is 59.7 Å². The van der Waals surface area contributed by atoms with E-state index in [-0.39, 0.29) is 12.6 Å². The lowest BCUT2D eigenvalue weighted by atomic mass is 10.1. The molecule has 0 spiro atoms. The molecule has 1 unspecified atom stereocenters. The number of nitrogen functional groups attached to an aromatic ring is 1. The summed E-state index contributed by atoms with van der Waals surface area (Å²) in [6.07, 6.45) is 0. The van der Waals surface area contributed by atoms with Crippen LogP contribution in [-0.2, 0) is 0 Å². The first kappa shape index (κ1) is 12.5. The van der Waals surface area contributed by atoms with Crippen LogP contribution in [0.25, 0.3) is 0 Å². The van der Waals surface area contributed by atoms with Crippen molar-refractivity contribution in [3.63, 3.8) is 0 Å². The second kappa shape index (κ2) is 5.56. The van der Waals surface area contributed by atoms with Crippen molar-refractivity contribution < 1.29 is 5.11 Å². The van der Waals surface area contributed by atoms with Crippen LogP contribution in [0.4, 0.5) is 11.4 Å². The summed E-state index contributed by atoms with van der Waals surface area (Å²) < 4.78 is 0. The van der Waals surface area contributed by atoms with Crippen LogP contribution < -0.4 is 11.1 Å². The van der Waals surface area contributed by atoms with Crippen LogP contribution >= 0.6 is 0 Å². The van der Waals surface area contributed by atoms with E-state index in [1.54, 1.807) is 0 Å². The lowest BCUT2D eigenvalue weighted by Gasteiger charge is -2.20. The first-order chi connectivity index (χ1) is 8.72. The highest BCUT2D eigenvalue weighted by Crippen LogP contribution is 2.26. The highest BCUT2D eigenvalue weighted by molar-refractivity contribution is 5.70. The average Bonchev–Trinajstić information content (AvgIpc) is 2.41. The monoisotopic (exact) mass is 242 g/mol. The zero-order chi connectivity index (χ0) is 13.0. The first-order valence-corrected chi connectivity index (χ1v) is 6.00. The van der Waals surface area contributed by atoms with E-state index in [0.29, 0.717) is 0 Å². The van der Waals surface area contributed by atoms with Crippen molar-refractivity contribution in [2.24, 2.45) is 0 Å². The highest BCUT2D eigenvalue weighted by Gasteiger charge is 2.11. The molecule has 3 nitrogen and oxygen atoms in total. The zero-order valence-corrected chi connectivity index (χ0v) is 10.4. The fourth-order valence-corrected chi connectivity index (χ4v) is 1.91. The molecule has 0 aromatic heterocycles. The van der Waals surface area contributed by atoms with E-state index in [1.165, 1.54) is 0 Å². The molecule has 2 rings (SSSR count). The van der Waals surface area contributed by atoms with Crippen molar-refractivity contribution in [1.82, 2.24) is 0 Å². The van der Waals surface area contributed by atoms with Crippen LogP contribution in [-0.4, -0.2) is 11.7 Å². The molecule has 94 valence electrons. The van der Waals surface area contributed by atoms with Gasteiger partial charge < -0.3 is 16.2 Å². The predicted octanol–water partition coefficient (Wildman–Crippen LogP) is 2.72. The molecule has 4 N–H and O–H groups in total. The summed E-state index contributed by atoms with van der Waals surface area (Å²) in [5.74, 6) is 0. The van der Waals surface area contributed by atoms with Gasteiger partial charge in [-0.25, -0.2) is 0 Å². The molecule has 0 saturated heterocycles. The van der Waals surface area contributed by atoms with Gasteiger partial charge in [-0.05, 0) is 24.1 Å². The maximum absolute atomic E-state index is 9.50. The molecule has 0 amide bonds. The van der Waals surface area contributed by atoms with Gasteiger partial charge in [0.2, 0.25) is 0 Å². The number of aliphatic hydroxyl groups is 1. The van der Waals surface area contributed by atoms with Crippen LogP contribution in [0.15, 0.2) is 48.5 Å². The fraction of sp³-hybridized carbons (Fsp3) is 0.200. The van der Waals surface area contributed by atoms with Gasteiger partial charge >= 0.3 is 0 Å². The van der Waals surface area contributed by atoms with Gasteiger partial charge in [0.05, 0.1) is 24.0 Å². The third kappa shape index (κ3) is 2.63. The quantitative estimate of drug-likeness (QED) is 0.722. The molecule has 0 fully saturated rings. The minimum atomic E-state index is -0.143. The van der Waals surface area contributed by atoms with Crippen LogP contribution in [0, 0.1) is 6.92 Å². The lowest BCUT2D eigenvalue weighted by molar-refractivity contribution is 0.276. The second-order valence-electron chi connectivity index (χ2n) is 4.33. The molecule has 0 radical (unpaired) electrons. The standard InChI is InChI=1S/C15H18N2O/c1-11-6-5-9-13(15(11)16)17-14(10-18)12-7-3-2-4-8-12/h2-9,14,17-18H,10,16H2,1H3. The maximum atomic E-state index is 9.50. The third-order valence-electron chi connectivity index (χ3n) is 3.04. The number of benzene rings is 2. The lowest BCUT2D eigenvalue weighted by Crippen LogP contribution is -2.15. The van der Waals surface area contributed by atoms with Crippen molar-refractivity contribution >= 4 is 11.4 Å². The van der Waals surface area contributed by atoms with Gasteiger partial charge in [-0.3, -0.25) is 0 Å². The van der Waals surface area contributed by atoms with Crippen molar-refractivity contribution in [3.8, 4) is 0 Å². The minimum Gasteiger partial charge on any atom is -0.397 e. The summed E-state index contributed by atoms with van der Waals surface area (Å²) in [6, 6.07) is 15.5. The predicted molar refractivity (Wildman–Crippen MR) is 75.5 cm³/mol. The van der Waals surface area contributed by atoms with Gasteiger partial charge in [0.15, 0.2) is 0 Å². The number of nitrogens with two attached hydrogens (primary N) is 1. The molecule has 0 heterocycles. The summed E-state index contributed by atoms with van der Waals surface area (Å²) in [7, 11) is 0. The number of para-hydroxylation sites is 1. The van der Waals surface area contributed by atoms with Gasteiger partial charge in [-0.2, -0.15) is 0 Å². The number of hydrogen-bond acceptors (Lipinski definition) is 3. The Balaban J connectivity index is 2.24. The SMILES string of the molecule is Cc1cccc(NC(CO)c2ccccc2)c1N. The Morgan fingerprint density at radius 1 is 1.11 bits per heavy atom. The Kier molecular flexibility index (Phi) is 3.85. The molecule has 2 aromatic rings. The van der Waals surface area contributed by atoms with E-state index in [1.807, 2.05) is 55.5 Å². The number of nitrogens with one attached hydrogen (secondary N) is 1. The van der Waals surface area contributed by atoms with E-state index in [9.17, 15) is 5.11 Å². The molecule has 0 aliphatic heterocycles. The Morgan fingerprint density at radius 2 is 1.83 bits per heavy atom. The van der Waals surface area contributed by atoms with E-state index in [4.69, 9.17) is 5.73 Å². The molecule has 18 heavy (non-hydrogen) atoms. The third-order valence-corrected chi connectivity index (χ3v) is 3.04. The van der Waals surface area contributed by atoms with E-state index in [0.717, 1.165) is 22.5 Å². The van der Waals surface area contributed by atoms with Crippen molar-refractivity contribution in [2.45, 2.75) is 13.0 Å². The molecule has 0 saturated carbocycles. The summed E-state index contributed by atoms with van der Waals surface area (Å²) in [5.41, 5.74) is 9.68. The number of rotatable bonds is 4. The van der Waals surface area contributed by atoms with Crippen molar-refractivity contribution in [1.29, 1.82) is 0 Å². The van der Waals surface area contributed by atoms with Gasteiger partial charge in [0, 0.05) is 0 Å². The largest absolute Gasteiger partial charge is 0.397 e. The van der Waals surface area contributed by atoms with Gasteiger partial charge in [0.25, 0.3) is 0 Å². The Bertz CT molecular complexity index is 511. The molecular formula is C15H18N2O. The van der Waals surface area contributed by atoms with E-state index < -0.39 is 0 Å². The number of aliphatic hydroxyl groups excluding tert-OH is 1. The summed E-state index contributed by atoms with van der Waals surface area (Å²) in [4.78, 5) is 0. The smallest absolute Gasteiger partial charge is 0.0745 e. The van der Waals surface area contributed by atoms with Crippen LogP contribution in [0.3, 0.4) is 0 Å². The summed E-state index contributed by atoms with van der Waals surface area (Å²) in [5, 5.41) is 12.8. The van der Waals surface area contributed by atoms with Crippen LogP contribution in [0.1, 0.15) is 17.2 Å². The molecule has 1 atom stereocenters. The van der Waals surface area contributed by atoms with Crippen LogP contribution in [0.2, 0.25) is 0 Å². The Hall–Kier alpha value is -2.00. The Labute approximate surface area is 107 Å².